The second-order valence-corrected chi connectivity index (χ2v) is 8.97. The van der Waals surface area contributed by atoms with Crippen molar-refractivity contribution in [2.24, 2.45) is 0 Å². The van der Waals surface area contributed by atoms with Gasteiger partial charge >= 0.3 is 12.0 Å². The number of carbonyl (C=O) groups is 2. The number of nitrogens with one attached hydrogen (secondary N) is 1. The Kier molecular flexibility index (Phi) is 8.13. The molecule has 1 aromatic heterocycles. The molecule has 0 spiro atoms. The van der Waals surface area contributed by atoms with Crippen LogP contribution in [-0.2, 0) is 16.0 Å². The van der Waals surface area contributed by atoms with Crippen molar-refractivity contribution < 1.29 is 14.3 Å². The number of anilines is 1. The Bertz CT molecular complexity index is 619. The van der Waals surface area contributed by atoms with Gasteiger partial charge in [-0.3, -0.25) is 10.1 Å². The SMILES string of the molecule is CCOC(=O)CCc1cnc(NC(=O)N(C2CCCCC2)C2CCCCC2)s1. The Labute approximate surface area is 172 Å². The quantitative estimate of drug-likeness (QED) is 0.635. The molecule has 1 N–H and O–H groups in total. The molecule has 1 aromatic rings. The maximum Gasteiger partial charge on any atom is 0.324 e. The van der Waals surface area contributed by atoms with Gasteiger partial charge in [0, 0.05) is 23.2 Å². The Hall–Kier alpha value is -1.63. The molecule has 2 aliphatic carbocycles. The van der Waals surface area contributed by atoms with Crippen molar-refractivity contribution in [1.82, 2.24) is 9.88 Å². The number of ether oxygens (including phenoxy) is 1. The van der Waals surface area contributed by atoms with Crippen LogP contribution in [0.4, 0.5) is 9.93 Å². The molecule has 2 saturated carbocycles. The minimum Gasteiger partial charge on any atom is -0.466 e. The highest BCUT2D eigenvalue weighted by molar-refractivity contribution is 7.15. The lowest BCUT2D eigenvalue weighted by atomic mass is 9.89. The van der Waals surface area contributed by atoms with Crippen LogP contribution in [0.15, 0.2) is 6.20 Å². The fourth-order valence-corrected chi connectivity index (χ4v) is 5.25. The van der Waals surface area contributed by atoms with Gasteiger partial charge in [-0.25, -0.2) is 9.78 Å². The largest absolute Gasteiger partial charge is 0.466 e. The van der Waals surface area contributed by atoms with Crippen molar-refractivity contribution in [1.29, 1.82) is 0 Å². The number of esters is 1. The molecule has 156 valence electrons. The lowest BCUT2D eigenvalue weighted by molar-refractivity contribution is -0.143. The smallest absolute Gasteiger partial charge is 0.324 e. The predicted octanol–water partition coefficient (Wildman–Crippen LogP) is 5.14. The molecule has 3 rings (SSSR count). The zero-order chi connectivity index (χ0) is 19.8. The first kappa shape index (κ1) is 21.1. The zero-order valence-electron chi connectivity index (χ0n) is 17.0. The number of aryl methyl sites for hydroxylation is 1. The molecule has 2 fully saturated rings. The molecule has 6 nitrogen and oxygen atoms in total. The number of hydrogen-bond acceptors (Lipinski definition) is 5. The maximum atomic E-state index is 13.2. The van der Waals surface area contributed by atoms with Crippen molar-refractivity contribution >= 4 is 28.5 Å². The van der Waals surface area contributed by atoms with Gasteiger partial charge in [0.05, 0.1) is 13.0 Å². The first-order valence-corrected chi connectivity index (χ1v) is 11.7. The van der Waals surface area contributed by atoms with Gasteiger partial charge in [-0.2, -0.15) is 0 Å². The standard InChI is InChI=1S/C21H33N3O3S/c1-2-27-19(25)14-13-18-15-22-20(28-18)23-21(26)24(16-9-5-3-6-10-16)17-11-7-4-8-12-17/h15-17H,2-14H2,1H3,(H,22,23,26). The second-order valence-electron chi connectivity index (χ2n) is 7.86. The summed E-state index contributed by atoms with van der Waals surface area (Å²) in [5.41, 5.74) is 0. The summed E-state index contributed by atoms with van der Waals surface area (Å²) < 4.78 is 4.97. The summed E-state index contributed by atoms with van der Waals surface area (Å²) in [6.45, 7) is 2.21. The molecular formula is C21H33N3O3S. The Morgan fingerprint density at radius 1 is 1.11 bits per heavy atom. The van der Waals surface area contributed by atoms with Crippen LogP contribution in [-0.4, -0.2) is 40.6 Å². The van der Waals surface area contributed by atoms with Crippen LogP contribution >= 0.6 is 11.3 Å². The first-order chi connectivity index (χ1) is 13.7. The first-order valence-electron chi connectivity index (χ1n) is 10.9. The third kappa shape index (κ3) is 5.93. The van der Waals surface area contributed by atoms with Crippen molar-refractivity contribution in [3.05, 3.63) is 11.1 Å². The Morgan fingerprint density at radius 2 is 1.71 bits per heavy atom. The van der Waals surface area contributed by atoms with Crippen molar-refractivity contribution in [2.75, 3.05) is 11.9 Å². The summed E-state index contributed by atoms with van der Waals surface area (Å²) in [7, 11) is 0. The molecule has 0 bridgehead atoms. The number of urea groups is 1. The molecule has 0 unspecified atom stereocenters. The van der Waals surface area contributed by atoms with Crippen molar-refractivity contribution in [3.8, 4) is 0 Å². The van der Waals surface area contributed by atoms with E-state index in [4.69, 9.17) is 4.74 Å². The van der Waals surface area contributed by atoms with Gasteiger partial charge in [0.15, 0.2) is 5.13 Å². The zero-order valence-corrected chi connectivity index (χ0v) is 17.8. The maximum absolute atomic E-state index is 13.2. The van der Waals surface area contributed by atoms with E-state index in [9.17, 15) is 9.59 Å². The number of carbonyl (C=O) groups excluding carboxylic acids is 2. The Morgan fingerprint density at radius 3 is 2.29 bits per heavy atom. The highest BCUT2D eigenvalue weighted by atomic mass is 32.1. The molecule has 28 heavy (non-hydrogen) atoms. The second kappa shape index (κ2) is 10.8. The number of thiazole rings is 1. The predicted molar refractivity (Wildman–Crippen MR) is 112 cm³/mol. The van der Waals surface area contributed by atoms with Gasteiger partial charge in [0.1, 0.15) is 0 Å². The van der Waals surface area contributed by atoms with E-state index in [0.717, 1.165) is 30.6 Å². The lowest BCUT2D eigenvalue weighted by Crippen LogP contribution is -2.50. The molecule has 2 amide bonds. The van der Waals surface area contributed by atoms with Crippen molar-refractivity contribution in [2.45, 2.75) is 96.1 Å². The minimum absolute atomic E-state index is 0.00472. The number of hydrogen-bond donors (Lipinski definition) is 1. The number of rotatable bonds is 7. The number of nitrogens with zero attached hydrogens (tertiary/aromatic N) is 2. The van der Waals surface area contributed by atoms with E-state index in [1.807, 2.05) is 6.92 Å². The highest BCUT2D eigenvalue weighted by Gasteiger charge is 2.32. The van der Waals surface area contributed by atoms with Gasteiger partial charge in [-0.05, 0) is 39.0 Å². The Balaban J connectivity index is 1.60. The summed E-state index contributed by atoms with van der Waals surface area (Å²) >= 11 is 1.45. The van der Waals surface area contributed by atoms with E-state index in [-0.39, 0.29) is 12.0 Å². The number of amides is 2. The monoisotopic (exact) mass is 407 g/mol. The van der Waals surface area contributed by atoms with Gasteiger partial charge in [-0.15, -0.1) is 11.3 Å². The molecule has 0 aromatic carbocycles. The number of aromatic nitrogens is 1. The van der Waals surface area contributed by atoms with Crippen LogP contribution in [0.1, 0.15) is 82.4 Å². The van der Waals surface area contributed by atoms with E-state index in [1.165, 1.54) is 49.9 Å². The molecule has 2 aliphatic rings. The fraction of sp³-hybridized carbons (Fsp3) is 0.762. The van der Waals surface area contributed by atoms with E-state index in [2.05, 4.69) is 15.2 Å². The van der Waals surface area contributed by atoms with E-state index >= 15 is 0 Å². The van der Waals surface area contributed by atoms with E-state index in [0.29, 0.717) is 36.7 Å². The van der Waals surface area contributed by atoms with Crippen LogP contribution in [0.5, 0.6) is 0 Å². The third-order valence-corrected chi connectivity index (χ3v) is 6.79. The van der Waals surface area contributed by atoms with Crippen LogP contribution in [0.25, 0.3) is 0 Å². The molecule has 0 radical (unpaired) electrons. The molecule has 0 saturated heterocycles. The summed E-state index contributed by atoms with van der Waals surface area (Å²) in [6, 6.07) is 0.727. The van der Waals surface area contributed by atoms with Crippen molar-refractivity contribution in [3.63, 3.8) is 0 Å². The van der Waals surface area contributed by atoms with E-state index < -0.39 is 0 Å². The molecule has 1 heterocycles. The fourth-order valence-electron chi connectivity index (χ4n) is 4.44. The van der Waals surface area contributed by atoms with Gasteiger partial charge < -0.3 is 9.64 Å². The van der Waals surface area contributed by atoms with E-state index in [1.54, 1.807) is 6.20 Å². The average molecular weight is 408 g/mol. The van der Waals surface area contributed by atoms with Gasteiger partial charge in [-0.1, -0.05) is 38.5 Å². The van der Waals surface area contributed by atoms with Gasteiger partial charge in [0.2, 0.25) is 0 Å². The van der Waals surface area contributed by atoms with Crippen LogP contribution in [0.3, 0.4) is 0 Å². The normalized spacial score (nSPS) is 18.6. The van der Waals surface area contributed by atoms with Crippen LogP contribution in [0.2, 0.25) is 0 Å². The molecule has 0 aliphatic heterocycles. The summed E-state index contributed by atoms with van der Waals surface area (Å²) in [5.74, 6) is -0.192. The average Bonchev–Trinajstić information content (AvgIpc) is 3.16. The van der Waals surface area contributed by atoms with Crippen LogP contribution < -0.4 is 5.32 Å². The molecule has 7 heteroatoms. The van der Waals surface area contributed by atoms with Crippen LogP contribution in [0, 0.1) is 0 Å². The topological polar surface area (TPSA) is 71.5 Å². The summed E-state index contributed by atoms with van der Waals surface area (Å²) in [4.78, 5) is 32.2. The lowest BCUT2D eigenvalue weighted by Gasteiger charge is -2.41. The third-order valence-electron chi connectivity index (χ3n) is 5.82. The molecule has 0 atom stereocenters. The summed E-state index contributed by atoms with van der Waals surface area (Å²) in [6.07, 6.45) is 14.6. The summed E-state index contributed by atoms with van der Waals surface area (Å²) in [5, 5.41) is 3.67. The highest BCUT2D eigenvalue weighted by Crippen LogP contribution is 2.31. The van der Waals surface area contributed by atoms with Gasteiger partial charge in [0.25, 0.3) is 0 Å². The molecular weight excluding hydrogens is 374 g/mol. The minimum atomic E-state index is -0.192.